The van der Waals surface area contributed by atoms with E-state index in [1.54, 1.807) is 6.92 Å². The molecule has 0 radical (unpaired) electrons. The Hall–Kier alpha value is -1.47. The first kappa shape index (κ1) is 15.9. The van der Waals surface area contributed by atoms with Crippen LogP contribution in [-0.4, -0.2) is 55.3 Å². The van der Waals surface area contributed by atoms with Gasteiger partial charge in [-0.25, -0.2) is 0 Å². The monoisotopic (exact) mass is 301 g/mol. The number of likely N-dealkylation sites (N-methyl/N-ethyl adjacent to an activating group) is 1. The zero-order chi connectivity index (χ0) is 15.4. The van der Waals surface area contributed by atoms with Crippen LogP contribution >= 0.6 is 0 Å². The minimum absolute atomic E-state index is 0.00889. The number of amides is 1. The first-order valence-electron chi connectivity index (χ1n) is 6.99. The minimum Gasteiger partial charge on any atom is -0.380 e. The van der Waals surface area contributed by atoms with Crippen molar-refractivity contribution < 1.29 is 18.3 Å². The van der Waals surface area contributed by atoms with Crippen LogP contribution in [0.15, 0.2) is 12.1 Å². The Bertz CT molecular complexity index is 491. The lowest BCUT2D eigenvalue weighted by Crippen LogP contribution is -2.36. The lowest BCUT2D eigenvalue weighted by Gasteiger charge is -2.19. The molecule has 1 aliphatic rings. The standard InChI is InChI=1S/C14H21F2N3O2/c1-10-3-4-12(19(10)14(15)16)13(20)17-7-11-8-18(2)5-6-21-9-11/h3-4,11,14H,5-9H2,1-2H3,(H,17,20)/t11-/m0/s1. The second-order valence-corrected chi connectivity index (χ2v) is 5.42. The molecule has 1 aromatic heterocycles. The van der Waals surface area contributed by atoms with Gasteiger partial charge in [-0.1, -0.05) is 0 Å². The average molecular weight is 301 g/mol. The third-order valence-electron chi connectivity index (χ3n) is 3.64. The fraction of sp³-hybridized carbons (Fsp3) is 0.643. The summed E-state index contributed by atoms with van der Waals surface area (Å²) in [6.07, 6.45) is 0. The van der Waals surface area contributed by atoms with Crippen LogP contribution in [0.3, 0.4) is 0 Å². The van der Waals surface area contributed by atoms with Gasteiger partial charge in [0.15, 0.2) is 0 Å². The number of carbonyl (C=O) groups is 1. The SMILES string of the molecule is Cc1ccc(C(=O)NC[C@@H]2COCCN(C)C2)n1C(F)F. The van der Waals surface area contributed by atoms with E-state index in [0.29, 0.717) is 25.5 Å². The number of hydrogen-bond donors (Lipinski definition) is 1. The summed E-state index contributed by atoms with van der Waals surface area (Å²) in [6, 6.07) is 2.94. The zero-order valence-electron chi connectivity index (χ0n) is 12.3. The Balaban J connectivity index is 1.95. The van der Waals surface area contributed by atoms with Crippen LogP contribution in [0.5, 0.6) is 0 Å². The molecule has 0 spiro atoms. The highest BCUT2D eigenvalue weighted by Gasteiger charge is 2.21. The first-order chi connectivity index (χ1) is 9.99. The Kier molecular flexibility index (Phi) is 5.30. The summed E-state index contributed by atoms with van der Waals surface area (Å²) in [4.78, 5) is 14.2. The van der Waals surface area contributed by atoms with Gasteiger partial charge in [-0.15, -0.1) is 0 Å². The van der Waals surface area contributed by atoms with Crippen molar-refractivity contribution in [1.29, 1.82) is 0 Å². The molecule has 0 aliphatic carbocycles. The van der Waals surface area contributed by atoms with Gasteiger partial charge < -0.3 is 15.0 Å². The van der Waals surface area contributed by atoms with Crippen molar-refractivity contribution in [3.63, 3.8) is 0 Å². The molecule has 1 aromatic rings. The molecule has 118 valence electrons. The number of ether oxygens (including phenoxy) is 1. The predicted octanol–water partition coefficient (Wildman–Crippen LogP) is 1.50. The van der Waals surface area contributed by atoms with Gasteiger partial charge in [0.05, 0.1) is 13.2 Å². The molecule has 7 heteroatoms. The van der Waals surface area contributed by atoms with Crippen molar-refractivity contribution in [2.45, 2.75) is 13.5 Å². The van der Waals surface area contributed by atoms with Gasteiger partial charge in [0, 0.05) is 31.2 Å². The maximum atomic E-state index is 12.9. The molecular formula is C14H21F2N3O2. The summed E-state index contributed by atoms with van der Waals surface area (Å²) < 4.78 is 32.1. The molecule has 2 rings (SSSR count). The van der Waals surface area contributed by atoms with E-state index < -0.39 is 12.5 Å². The smallest absolute Gasteiger partial charge is 0.319 e. The van der Waals surface area contributed by atoms with Crippen LogP contribution < -0.4 is 5.32 Å². The summed E-state index contributed by atoms with van der Waals surface area (Å²) >= 11 is 0. The molecule has 1 N–H and O–H groups in total. The van der Waals surface area contributed by atoms with Crippen molar-refractivity contribution in [2.75, 3.05) is 39.9 Å². The minimum atomic E-state index is -2.71. The highest BCUT2D eigenvalue weighted by Crippen LogP contribution is 2.18. The van der Waals surface area contributed by atoms with E-state index in [1.165, 1.54) is 12.1 Å². The van der Waals surface area contributed by atoms with Gasteiger partial charge >= 0.3 is 6.55 Å². The maximum Gasteiger partial charge on any atom is 0.319 e. The summed E-state index contributed by atoms with van der Waals surface area (Å²) in [5.74, 6) is -0.312. The molecule has 1 amide bonds. The molecule has 2 heterocycles. The largest absolute Gasteiger partial charge is 0.380 e. The van der Waals surface area contributed by atoms with Gasteiger partial charge in [-0.3, -0.25) is 9.36 Å². The maximum absolute atomic E-state index is 12.9. The van der Waals surface area contributed by atoms with E-state index in [1.807, 2.05) is 7.05 Å². The van der Waals surface area contributed by atoms with Gasteiger partial charge in [0.25, 0.3) is 5.91 Å². The molecule has 0 unspecified atom stereocenters. The zero-order valence-corrected chi connectivity index (χ0v) is 12.3. The quantitative estimate of drug-likeness (QED) is 0.917. The third kappa shape index (κ3) is 4.01. The van der Waals surface area contributed by atoms with E-state index in [9.17, 15) is 13.6 Å². The van der Waals surface area contributed by atoms with Crippen LogP contribution in [0, 0.1) is 12.8 Å². The summed E-state index contributed by atoms with van der Waals surface area (Å²) in [6.45, 7) is 2.17. The summed E-state index contributed by atoms with van der Waals surface area (Å²) in [5.41, 5.74) is 0.359. The first-order valence-corrected chi connectivity index (χ1v) is 6.99. The Labute approximate surface area is 122 Å². The van der Waals surface area contributed by atoms with Crippen LogP contribution in [0.2, 0.25) is 0 Å². The molecule has 0 bridgehead atoms. The van der Waals surface area contributed by atoms with Crippen molar-refractivity contribution in [3.8, 4) is 0 Å². The number of aromatic nitrogens is 1. The molecule has 21 heavy (non-hydrogen) atoms. The number of aryl methyl sites for hydroxylation is 1. The molecule has 0 saturated carbocycles. The highest BCUT2D eigenvalue weighted by atomic mass is 19.3. The van der Waals surface area contributed by atoms with Crippen LogP contribution in [0.1, 0.15) is 22.7 Å². The number of alkyl halides is 2. The van der Waals surface area contributed by atoms with Crippen LogP contribution in [0.4, 0.5) is 8.78 Å². The number of hydrogen-bond acceptors (Lipinski definition) is 3. The van der Waals surface area contributed by atoms with Crippen molar-refractivity contribution in [2.24, 2.45) is 5.92 Å². The van der Waals surface area contributed by atoms with Crippen molar-refractivity contribution in [1.82, 2.24) is 14.8 Å². The Morgan fingerprint density at radius 2 is 2.29 bits per heavy atom. The second kappa shape index (κ2) is 7.00. The molecule has 1 fully saturated rings. The number of carbonyl (C=O) groups excluding carboxylic acids is 1. The van der Waals surface area contributed by atoms with E-state index in [4.69, 9.17) is 4.74 Å². The summed E-state index contributed by atoms with van der Waals surface area (Å²) in [7, 11) is 1.99. The number of nitrogens with zero attached hydrogens (tertiary/aromatic N) is 2. The average Bonchev–Trinajstić information content (AvgIpc) is 2.69. The van der Waals surface area contributed by atoms with Gasteiger partial charge in [0.2, 0.25) is 0 Å². The Morgan fingerprint density at radius 3 is 3.00 bits per heavy atom. The molecule has 1 saturated heterocycles. The van der Waals surface area contributed by atoms with Gasteiger partial charge in [0.1, 0.15) is 5.69 Å². The topological polar surface area (TPSA) is 46.5 Å². The third-order valence-corrected chi connectivity index (χ3v) is 3.64. The van der Waals surface area contributed by atoms with E-state index in [2.05, 4.69) is 10.2 Å². The van der Waals surface area contributed by atoms with Crippen molar-refractivity contribution in [3.05, 3.63) is 23.5 Å². The number of nitrogens with one attached hydrogen (secondary N) is 1. The van der Waals surface area contributed by atoms with E-state index >= 15 is 0 Å². The summed E-state index contributed by atoms with van der Waals surface area (Å²) in [5, 5.41) is 2.73. The van der Waals surface area contributed by atoms with Gasteiger partial charge in [-0.05, 0) is 26.1 Å². The normalized spacial score (nSPS) is 20.5. The molecule has 1 atom stereocenters. The lowest BCUT2D eigenvalue weighted by molar-refractivity contribution is 0.0613. The Morgan fingerprint density at radius 1 is 1.52 bits per heavy atom. The van der Waals surface area contributed by atoms with Crippen LogP contribution in [0.25, 0.3) is 0 Å². The highest BCUT2D eigenvalue weighted by molar-refractivity contribution is 5.92. The number of halogens is 2. The molecule has 5 nitrogen and oxygen atoms in total. The molecular weight excluding hydrogens is 280 g/mol. The lowest BCUT2D eigenvalue weighted by atomic mass is 10.1. The predicted molar refractivity (Wildman–Crippen MR) is 74.6 cm³/mol. The second-order valence-electron chi connectivity index (χ2n) is 5.42. The van der Waals surface area contributed by atoms with Crippen molar-refractivity contribution >= 4 is 5.91 Å². The fourth-order valence-electron chi connectivity index (χ4n) is 2.50. The van der Waals surface area contributed by atoms with E-state index in [0.717, 1.165) is 17.7 Å². The fourth-order valence-corrected chi connectivity index (χ4v) is 2.50. The van der Waals surface area contributed by atoms with Crippen LogP contribution in [-0.2, 0) is 4.74 Å². The van der Waals surface area contributed by atoms with Gasteiger partial charge in [-0.2, -0.15) is 8.78 Å². The molecule has 0 aromatic carbocycles. The number of rotatable bonds is 4. The molecule has 1 aliphatic heterocycles. The van der Waals surface area contributed by atoms with E-state index in [-0.39, 0.29) is 11.6 Å².